The molecule has 0 saturated carbocycles. The van der Waals surface area contributed by atoms with E-state index in [9.17, 15) is 0 Å². The molecule has 12 heavy (non-hydrogen) atoms. The molecule has 1 aromatic heterocycles. The lowest BCUT2D eigenvalue weighted by molar-refractivity contribution is 1.41. The van der Waals surface area contributed by atoms with Gasteiger partial charge in [0.25, 0.3) is 0 Å². The number of aromatic nitrogens is 1. The van der Waals surface area contributed by atoms with Crippen LogP contribution in [0, 0.1) is 6.92 Å². The van der Waals surface area contributed by atoms with Crippen LogP contribution in [0.25, 0.3) is 10.9 Å². The molecule has 2 rings (SSSR count). The van der Waals surface area contributed by atoms with E-state index < -0.39 is 0 Å². The maximum Gasteiger partial charge on any atom is 0.0558 e. The van der Waals surface area contributed by atoms with Gasteiger partial charge < -0.3 is 4.98 Å². The average Bonchev–Trinajstić information content (AvgIpc) is 2.48. The van der Waals surface area contributed by atoms with E-state index >= 15 is 0 Å². The fourth-order valence-electron chi connectivity index (χ4n) is 1.33. The van der Waals surface area contributed by atoms with E-state index in [0.717, 1.165) is 20.4 Å². The second-order valence-corrected chi connectivity index (χ2v) is 3.96. The zero-order chi connectivity index (χ0) is 8.72. The molecule has 1 heterocycles. The summed E-state index contributed by atoms with van der Waals surface area (Å²) in [4.78, 5) is 3.17. The summed E-state index contributed by atoms with van der Waals surface area (Å²) < 4.78 is 0.964. The van der Waals surface area contributed by atoms with Crippen LogP contribution in [-0.2, 0) is 0 Å². The fourth-order valence-corrected chi connectivity index (χ4v) is 2.04. The molecule has 0 fully saturated rings. The van der Waals surface area contributed by atoms with Crippen LogP contribution in [0.2, 0.25) is 5.02 Å². The van der Waals surface area contributed by atoms with Gasteiger partial charge in [0.05, 0.1) is 5.02 Å². The van der Waals surface area contributed by atoms with Crippen LogP contribution in [0.4, 0.5) is 0 Å². The number of H-pyrrole nitrogens is 1. The molecular weight excluding hydrogens is 237 g/mol. The number of benzene rings is 1. The number of aromatic amines is 1. The molecule has 1 nitrogen and oxygen atoms in total. The molecular formula is C9H7BrClN. The zero-order valence-corrected chi connectivity index (χ0v) is 8.83. The summed E-state index contributed by atoms with van der Waals surface area (Å²) in [5.74, 6) is 0. The van der Waals surface area contributed by atoms with Gasteiger partial charge in [0.2, 0.25) is 0 Å². The first kappa shape index (κ1) is 8.14. The highest BCUT2D eigenvalue weighted by molar-refractivity contribution is 9.10. The van der Waals surface area contributed by atoms with Crippen molar-refractivity contribution in [3.63, 3.8) is 0 Å². The smallest absolute Gasteiger partial charge is 0.0558 e. The Morgan fingerprint density at radius 1 is 1.50 bits per heavy atom. The Morgan fingerprint density at radius 3 is 3.00 bits per heavy atom. The highest BCUT2D eigenvalue weighted by Gasteiger charge is 2.06. The standard InChI is InChI=1S/C9H7BrClN/c1-5-4-7(11)8(10)6-2-3-12-9(5)6/h2-4,12H,1H3. The lowest BCUT2D eigenvalue weighted by Gasteiger charge is -2.01. The second-order valence-electron chi connectivity index (χ2n) is 2.76. The third kappa shape index (κ3) is 1.06. The lowest BCUT2D eigenvalue weighted by atomic mass is 10.2. The first-order valence-electron chi connectivity index (χ1n) is 3.62. The van der Waals surface area contributed by atoms with Crippen molar-refractivity contribution < 1.29 is 0 Å². The predicted octanol–water partition coefficient (Wildman–Crippen LogP) is 3.89. The Labute approximate surface area is 83.9 Å². The van der Waals surface area contributed by atoms with E-state index in [4.69, 9.17) is 11.6 Å². The molecule has 3 heteroatoms. The highest BCUT2D eigenvalue weighted by atomic mass is 79.9. The Bertz CT molecular complexity index is 433. The SMILES string of the molecule is Cc1cc(Cl)c(Br)c2cc[nH]c12. The molecule has 0 amide bonds. The van der Waals surface area contributed by atoms with Crippen molar-refractivity contribution in [3.05, 3.63) is 33.4 Å². The second kappa shape index (κ2) is 2.79. The molecule has 0 aliphatic heterocycles. The van der Waals surface area contributed by atoms with Gasteiger partial charge in [-0.2, -0.15) is 0 Å². The van der Waals surface area contributed by atoms with Crippen molar-refractivity contribution in [3.8, 4) is 0 Å². The summed E-state index contributed by atoms with van der Waals surface area (Å²) in [6.07, 6.45) is 1.92. The topological polar surface area (TPSA) is 15.8 Å². The van der Waals surface area contributed by atoms with Crippen molar-refractivity contribution in [2.24, 2.45) is 0 Å². The summed E-state index contributed by atoms with van der Waals surface area (Å²) in [6, 6.07) is 3.96. The molecule has 0 radical (unpaired) electrons. The summed E-state index contributed by atoms with van der Waals surface area (Å²) in [5, 5.41) is 1.90. The molecule has 0 unspecified atom stereocenters. The lowest BCUT2D eigenvalue weighted by Crippen LogP contribution is -1.78. The van der Waals surface area contributed by atoms with Crippen LogP contribution in [0.1, 0.15) is 5.56 Å². The summed E-state index contributed by atoms with van der Waals surface area (Å²) in [6.45, 7) is 2.04. The molecule has 62 valence electrons. The Balaban J connectivity index is 2.97. The maximum absolute atomic E-state index is 5.99. The van der Waals surface area contributed by atoms with E-state index in [-0.39, 0.29) is 0 Å². The summed E-state index contributed by atoms with van der Waals surface area (Å²) >= 11 is 9.43. The van der Waals surface area contributed by atoms with Crippen LogP contribution in [0.15, 0.2) is 22.8 Å². The van der Waals surface area contributed by atoms with Crippen LogP contribution < -0.4 is 0 Å². The molecule has 0 spiro atoms. The molecule has 0 saturated heterocycles. The molecule has 0 bridgehead atoms. The van der Waals surface area contributed by atoms with Crippen molar-refractivity contribution in [1.82, 2.24) is 4.98 Å². The predicted molar refractivity (Wildman–Crippen MR) is 55.7 cm³/mol. The van der Waals surface area contributed by atoms with E-state index in [0.29, 0.717) is 0 Å². The Morgan fingerprint density at radius 2 is 2.25 bits per heavy atom. The van der Waals surface area contributed by atoms with Crippen LogP contribution in [-0.4, -0.2) is 4.98 Å². The number of aryl methyl sites for hydroxylation is 1. The van der Waals surface area contributed by atoms with E-state index in [1.54, 1.807) is 0 Å². The number of nitrogens with one attached hydrogen (secondary N) is 1. The normalized spacial score (nSPS) is 10.9. The van der Waals surface area contributed by atoms with Gasteiger partial charge in [-0.25, -0.2) is 0 Å². The number of hydrogen-bond acceptors (Lipinski definition) is 0. The van der Waals surface area contributed by atoms with Gasteiger partial charge >= 0.3 is 0 Å². The minimum Gasteiger partial charge on any atom is -0.361 e. The third-order valence-electron chi connectivity index (χ3n) is 1.93. The molecule has 0 aliphatic carbocycles. The van der Waals surface area contributed by atoms with Gasteiger partial charge in [0.15, 0.2) is 0 Å². The van der Waals surface area contributed by atoms with Crippen molar-refractivity contribution in [2.75, 3.05) is 0 Å². The number of fused-ring (bicyclic) bond motifs is 1. The molecule has 1 aromatic carbocycles. The van der Waals surface area contributed by atoms with E-state index in [2.05, 4.69) is 20.9 Å². The maximum atomic E-state index is 5.99. The first-order chi connectivity index (χ1) is 5.70. The minimum atomic E-state index is 0.764. The van der Waals surface area contributed by atoms with Gasteiger partial charge in [0.1, 0.15) is 0 Å². The number of halogens is 2. The fraction of sp³-hybridized carbons (Fsp3) is 0.111. The number of hydrogen-bond donors (Lipinski definition) is 1. The molecule has 0 atom stereocenters. The van der Waals surface area contributed by atoms with Gasteiger partial charge in [0, 0.05) is 21.6 Å². The Kier molecular flexibility index (Phi) is 1.89. The van der Waals surface area contributed by atoms with Crippen molar-refractivity contribution in [1.29, 1.82) is 0 Å². The highest BCUT2D eigenvalue weighted by Crippen LogP contribution is 2.32. The first-order valence-corrected chi connectivity index (χ1v) is 4.79. The number of rotatable bonds is 0. The van der Waals surface area contributed by atoms with Gasteiger partial charge in [-0.15, -0.1) is 0 Å². The molecule has 2 aromatic rings. The van der Waals surface area contributed by atoms with Crippen molar-refractivity contribution in [2.45, 2.75) is 6.92 Å². The van der Waals surface area contributed by atoms with E-state index in [1.807, 2.05) is 25.3 Å². The van der Waals surface area contributed by atoms with Gasteiger partial charge in [-0.1, -0.05) is 11.6 Å². The monoisotopic (exact) mass is 243 g/mol. The van der Waals surface area contributed by atoms with Crippen LogP contribution in [0.3, 0.4) is 0 Å². The summed E-state index contributed by atoms with van der Waals surface area (Å²) in [5.41, 5.74) is 2.31. The quantitative estimate of drug-likeness (QED) is 0.724. The van der Waals surface area contributed by atoms with Gasteiger partial charge in [-0.05, 0) is 40.5 Å². The third-order valence-corrected chi connectivity index (χ3v) is 3.31. The van der Waals surface area contributed by atoms with Gasteiger partial charge in [-0.3, -0.25) is 0 Å². The zero-order valence-electron chi connectivity index (χ0n) is 6.49. The summed E-state index contributed by atoms with van der Waals surface area (Å²) in [7, 11) is 0. The largest absolute Gasteiger partial charge is 0.361 e. The van der Waals surface area contributed by atoms with Crippen LogP contribution in [0.5, 0.6) is 0 Å². The molecule has 0 aliphatic rings. The Hall–Kier alpha value is -0.470. The molecule has 1 N–H and O–H groups in total. The van der Waals surface area contributed by atoms with Crippen molar-refractivity contribution >= 4 is 38.4 Å². The van der Waals surface area contributed by atoms with Crippen LogP contribution >= 0.6 is 27.5 Å². The minimum absolute atomic E-state index is 0.764. The average molecular weight is 245 g/mol. The van der Waals surface area contributed by atoms with E-state index in [1.165, 1.54) is 5.56 Å².